The van der Waals surface area contributed by atoms with E-state index in [1.165, 1.54) is 11.3 Å². The smallest absolute Gasteiger partial charge is 0.277 e. The largest absolute Gasteiger partial charge is 0.332 e. The van der Waals surface area contributed by atoms with Crippen LogP contribution in [0.4, 0.5) is 0 Å². The van der Waals surface area contributed by atoms with Crippen LogP contribution in [0.15, 0.2) is 34.2 Å². The first-order valence-corrected chi connectivity index (χ1v) is 7.13. The van der Waals surface area contributed by atoms with Crippen LogP contribution in [0.3, 0.4) is 0 Å². The second-order valence-electron chi connectivity index (χ2n) is 4.65. The van der Waals surface area contributed by atoms with Gasteiger partial charge in [-0.05, 0) is 19.9 Å². The van der Waals surface area contributed by atoms with Crippen molar-refractivity contribution >= 4 is 11.3 Å². The topological polar surface area (TPSA) is 77.8 Å². The monoisotopic (exact) mass is 286 g/mol. The van der Waals surface area contributed by atoms with Crippen LogP contribution in [-0.2, 0) is 0 Å². The molecule has 0 saturated heterocycles. The molecule has 1 aromatic carbocycles. The normalized spacial score (nSPS) is 12.6. The summed E-state index contributed by atoms with van der Waals surface area (Å²) < 4.78 is 5.28. The Kier molecular flexibility index (Phi) is 3.33. The molecule has 0 radical (unpaired) electrons. The predicted octanol–water partition coefficient (Wildman–Crippen LogP) is 3.19. The van der Waals surface area contributed by atoms with Gasteiger partial charge in [0, 0.05) is 10.9 Å². The Morgan fingerprint density at radius 3 is 2.85 bits per heavy atom. The van der Waals surface area contributed by atoms with E-state index < -0.39 is 0 Å². The fourth-order valence-electron chi connectivity index (χ4n) is 1.82. The molecule has 0 spiro atoms. The first-order chi connectivity index (χ1) is 9.63. The minimum atomic E-state index is -0.0899. The highest BCUT2D eigenvalue weighted by atomic mass is 32.1. The highest BCUT2D eigenvalue weighted by molar-refractivity contribution is 7.10. The average Bonchev–Trinajstić information content (AvgIpc) is 3.08. The average molecular weight is 286 g/mol. The third-order valence-electron chi connectivity index (χ3n) is 2.83. The molecule has 0 bridgehead atoms. The van der Waals surface area contributed by atoms with Crippen LogP contribution in [0.25, 0.3) is 23.0 Å². The lowest BCUT2D eigenvalue weighted by atomic mass is 10.1. The number of hydrogen-bond donors (Lipinski definition) is 1. The molecule has 5 nitrogen and oxygen atoms in total. The van der Waals surface area contributed by atoms with Gasteiger partial charge in [-0.25, -0.2) is 4.98 Å². The van der Waals surface area contributed by atoms with Crippen LogP contribution in [-0.4, -0.2) is 15.1 Å². The van der Waals surface area contributed by atoms with E-state index in [9.17, 15) is 0 Å². The van der Waals surface area contributed by atoms with Gasteiger partial charge in [0.15, 0.2) is 0 Å². The number of thiazole rings is 1. The van der Waals surface area contributed by atoms with Crippen LogP contribution in [0.2, 0.25) is 0 Å². The number of nitrogens with zero attached hydrogens (tertiary/aromatic N) is 3. The van der Waals surface area contributed by atoms with E-state index in [-0.39, 0.29) is 6.04 Å². The summed E-state index contributed by atoms with van der Waals surface area (Å²) in [6.07, 6.45) is 0. The van der Waals surface area contributed by atoms with E-state index in [1.807, 2.05) is 43.5 Å². The molecule has 2 aromatic heterocycles. The van der Waals surface area contributed by atoms with Gasteiger partial charge in [-0.1, -0.05) is 28.9 Å². The molecule has 20 heavy (non-hydrogen) atoms. The van der Waals surface area contributed by atoms with Crippen molar-refractivity contribution in [2.24, 2.45) is 5.73 Å². The molecule has 0 aliphatic heterocycles. The van der Waals surface area contributed by atoms with Gasteiger partial charge in [-0.3, -0.25) is 0 Å². The van der Waals surface area contributed by atoms with Crippen LogP contribution in [0.1, 0.15) is 23.5 Å². The summed E-state index contributed by atoms with van der Waals surface area (Å²) in [5.74, 6) is 0.990. The lowest BCUT2D eigenvalue weighted by Crippen LogP contribution is -2.03. The van der Waals surface area contributed by atoms with E-state index in [2.05, 4.69) is 15.1 Å². The summed E-state index contributed by atoms with van der Waals surface area (Å²) in [6, 6.07) is 7.88. The lowest BCUT2D eigenvalue weighted by molar-refractivity contribution is 0.431. The molecular weight excluding hydrogens is 272 g/mol. The van der Waals surface area contributed by atoms with Crippen molar-refractivity contribution in [3.05, 3.63) is 40.2 Å². The van der Waals surface area contributed by atoms with Crippen LogP contribution >= 0.6 is 11.3 Å². The second-order valence-corrected chi connectivity index (χ2v) is 5.54. The third kappa shape index (κ3) is 2.48. The molecule has 0 amide bonds. The van der Waals surface area contributed by atoms with Gasteiger partial charge in [0.1, 0.15) is 10.7 Å². The van der Waals surface area contributed by atoms with Gasteiger partial charge < -0.3 is 10.3 Å². The molecular formula is C14H14N4OS. The Hall–Kier alpha value is -2.05. The Bertz CT molecular complexity index is 732. The molecule has 3 rings (SSSR count). The van der Waals surface area contributed by atoms with Gasteiger partial charge in [0.25, 0.3) is 5.89 Å². The number of rotatable bonds is 3. The Balaban J connectivity index is 1.93. The molecule has 0 aliphatic carbocycles. The van der Waals surface area contributed by atoms with Crippen LogP contribution in [0, 0.1) is 6.92 Å². The van der Waals surface area contributed by atoms with E-state index >= 15 is 0 Å². The fourth-order valence-corrected chi connectivity index (χ4v) is 2.58. The molecule has 1 unspecified atom stereocenters. The molecule has 0 fully saturated rings. The Morgan fingerprint density at radius 2 is 2.15 bits per heavy atom. The minimum absolute atomic E-state index is 0.0899. The van der Waals surface area contributed by atoms with Crippen molar-refractivity contribution in [2.45, 2.75) is 19.9 Å². The van der Waals surface area contributed by atoms with Gasteiger partial charge in [-0.2, -0.15) is 4.98 Å². The lowest BCUT2D eigenvalue weighted by Gasteiger charge is -1.96. The zero-order valence-corrected chi connectivity index (χ0v) is 12.0. The van der Waals surface area contributed by atoms with Gasteiger partial charge in [0.2, 0.25) is 5.82 Å². The minimum Gasteiger partial charge on any atom is -0.332 e. The number of aromatic nitrogens is 3. The van der Waals surface area contributed by atoms with E-state index in [0.29, 0.717) is 17.4 Å². The van der Waals surface area contributed by atoms with Crippen molar-refractivity contribution in [2.75, 3.05) is 0 Å². The summed E-state index contributed by atoms with van der Waals surface area (Å²) in [5.41, 5.74) is 8.56. The molecule has 0 saturated carbocycles. The van der Waals surface area contributed by atoms with E-state index in [0.717, 1.165) is 16.1 Å². The molecule has 3 aromatic rings. The summed E-state index contributed by atoms with van der Waals surface area (Å²) >= 11 is 1.50. The van der Waals surface area contributed by atoms with Crippen molar-refractivity contribution in [3.63, 3.8) is 0 Å². The maximum absolute atomic E-state index is 5.80. The SMILES string of the molecule is Cc1cccc(-c2noc(-c3csc(C(C)N)n3)n2)c1. The highest BCUT2D eigenvalue weighted by Gasteiger charge is 2.15. The molecule has 1 atom stereocenters. The Labute approximate surface area is 120 Å². The number of hydrogen-bond acceptors (Lipinski definition) is 6. The highest BCUT2D eigenvalue weighted by Crippen LogP contribution is 2.25. The molecule has 6 heteroatoms. The third-order valence-corrected chi connectivity index (χ3v) is 3.88. The second kappa shape index (κ2) is 5.15. The standard InChI is InChI=1S/C14H14N4OS/c1-8-4-3-5-10(6-8)12-17-13(19-18-12)11-7-20-14(16-11)9(2)15/h3-7,9H,15H2,1-2H3. The van der Waals surface area contributed by atoms with Crippen molar-refractivity contribution in [3.8, 4) is 23.0 Å². The number of benzene rings is 1. The first kappa shape index (κ1) is 13.0. The number of nitrogens with two attached hydrogens (primary N) is 1. The Morgan fingerprint density at radius 1 is 1.30 bits per heavy atom. The van der Waals surface area contributed by atoms with Gasteiger partial charge >= 0.3 is 0 Å². The summed E-state index contributed by atoms with van der Waals surface area (Å²) in [7, 11) is 0. The zero-order chi connectivity index (χ0) is 14.1. The molecule has 102 valence electrons. The summed E-state index contributed by atoms with van der Waals surface area (Å²) in [6.45, 7) is 3.93. The van der Waals surface area contributed by atoms with E-state index in [1.54, 1.807) is 0 Å². The quantitative estimate of drug-likeness (QED) is 0.800. The first-order valence-electron chi connectivity index (χ1n) is 6.25. The van der Waals surface area contributed by atoms with Crippen LogP contribution in [0.5, 0.6) is 0 Å². The maximum Gasteiger partial charge on any atom is 0.277 e. The molecule has 0 aliphatic rings. The van der Waals surface area contributed by atoms with Gasteiger partial charge in [-0.15, -0.1) is 11.3 Å². The maximum atomic E-state index is 5.80. The van der Waals surface area contributed by atoms with E-state index in [4.69, 9.17) is 10.3 Å². The van der Waals surface area contributed by atoms with Crippen molar-refractivity contribution < 1.29 is 4.52 Å². The van der Waals surface area contributed by atoms with Crippen molar-refractivity contribution in [1.82, 2.24) is 15.1 Å². The molecule has 2 heterocycles. The van der Waals surface area contributed by atoms with Crippen molar-refractivity contribution in [1.29, 1.82) is 0 Å². The fraction of sp³-hybridized carbons (Fsp3) is 0.214. The predicted molar refractivity (Wildman–Crippen MR) is 78.2 cm³/mol. The number of aryl methyl sites for hydroxylation is 1. The van der Waals surface area contributed by atoms with Gasteiger partial charge in [0.05, 0.1) is 6.04 Å². The summed E-state index contributed by atoms with van der Waals surface area (Å²) in [4.78, 5) is 8.79. The molecule has 2 N–H and O–H groups in total. The summed E-state index contributed by atoms with van der Waals surface area (Å²) in [5, 5.41) is 6.74. The van der Waals surface area contributed by atoms with Crippen LogP contribution < -0.4 is 5.73 Å². The zero-order valence-electron chi connectivity index (χ0n) is 11.2.